The molecule has 2 aromatic heterocycles. The Labute approximate surface area is 176 Å². The molecule has 0 fully saturated rings. The lowest BCUT2D eigenvalue weighted by molar-refractivity contribution is -0.140. The van der Waals surface area contributed by atoms with Gasteiger partial charge in [0.05, 0.1) is 6.54 Å². The third-order valence-corrected chi connectivity index (χ3v) is 5.51. The number of rotatable bonds is 6. The number of hydrogen-bond donors (Lipinski definition) is 2. The summed E-state index contributed by atoms with van der Waals surface area (Å²) >= 11 is 2.66. The Kier molecular flexibility index (Phi) is 8.80. The first-order valence-electron chi connectivity index (χ1n) is 7.80. The molecule has 2 aromatic rings. The zero-order valence-electron chi connectivity index (χ0n) is 14.7. The van der Waals surface area contributed by atoms with Gasteiger partial charge < -0.3 is 10.6 Å². The van der Waals surface area contributed by atoms with Crippen LogP contribution >= 0.6 is 46.7 Å². The van der Waals surface area contributed by atoms with Gasteiger partial charge in [0, 0.05) is 28.8 Å². The Hall–Kier alpha value is -0.880. The fourth-order valence-corrected chi connectivity index (χ4v) is 3.63. The molecule has 0 bridgehead atoms. The summed E-state index contributed by atoms with van der Waals surface area (Å²) < 4.78 is 37.8. The van der Waals surface area contributed by atoms with Gasteiger partial charge in [0.25, 0.3) is 0 Å². The lowest BCUT2D eigenvalue weighted by atomic mass is 9.91. The highest BCUT2D eigenvalue weighted by molar-refractivity contribution is 14.0. The van der Waals surface area contributed by atoms with Gasteiger partial charge in [0.2, 0.25) is 0 Å². The predicted octanol–water partition coefficient (Wildman–Crippen LogP) is 4.87. The topological polar surface area (TPSA) is 49.3 Å². The number of guanidine groups is 1. The molecule has 0 unspecified atom stereocenters. The van der Waals surface area contributed by atoms with Crippen molar-refractivity contribution in [2.24, 2.45) is 4.99 Å². The maximum Gasteiger partial charge on any atom is 0.434 e. The summed E-state index contributed by atoms with van der Waals surface area (Å²) in [7, 11) is 0. The standard InChI is InChI=1S/C16H21F3N4S2.HI/c1-4-20-14(22-10-15(2,3)12-6-5-7-24-12)21-8-13-23-11(9-25-13)16(17,18)19;/h5-7,9H,4,8,10H2,1-3H3,(H2,20,21,22);1H. The molecule has 26 heavy (non-hydrogen) atoms. The third kappa shape index (κ3) is 6.69. The minimum Gasteiger partial charge on any atom is -0.357 e. The highest BCUT2D eigenvalue weighted by atomic mass is 127. The van der Waals surface area contributed by atoms with E-state index in [2.05, 4.69) is 40.5 Å². The summed E-state index contributed by atoms with van der Waals surface area (Å²) in [5, 5.41) is 9.75. The molecule has 0 saturated carbocycles. The second-order valence-electron chi connectivity index (χ2n) is 6.03. The van der Waals surface area contributed by atoms with Crippen molar-refractivity contribution in [1.82, 2.24) is 15.6 Å². The average molecular weight is 518 g/mol. The maximum absolute atomic E-state index is 12.6. The second kappa shape index (κ2) is 9.88. The quantitative estimate of drug-likeness (QED) is 0.326. The molecule has 4 nitrogen and oxygen atoms in total. The SMILES string of the molecule is CCNC(=NCc1nc(C(F)(F)F)cs1)NCC(C)(C)c1cccs1.I. The zero-order valence-corrected chi connectivity index (χ0v) is 18.6. The predicted molar refractivity (Wildman–Crippen MR) is 113 cm³/mol. The highest BCUT2D eigenvalue weighted by Gasteiger charge is 2.33. The van der Waals surface area contributed by atoms with Crippen molar-refractivity contribution in [3.05, 3.63) is 38.5 Å². The van der Waals surface area contributed by atoms with E-state index in [0.717, 1.165) is 16.7 Å². The number of hydrogen-bond acceptors (Lipinski definition) is 4. The average Bonchev–Trinajstić information content (AvgIpc) is 3.20. The first-order chi connectivity index (χ1) is 11.7. The van der Waals surface area contributed by atoms with E-state index >= 15 is 0 Å². The van der Waals surface area contributed by atoms with Crippen LogP contribution in [0, 0.1) is 0 Å². The monoisotopic (exact) mass is 518 g/mol. The van der Waals surface area contributed by atoms with Crippen LogP contribution in [0.2, 0.25) is 0 Å². The first-order valence-corrected chi connectivity index (χ1v) is 9.56. The van der Waals surface area contributed by atoms with E-state index < -0.39 is 11.9 Å². The van der Waals surface area contributed by atoms with Crippen LogP contribution in [0.5, 0.6) is 0 Å². The van der Waals surface area contributed by atoms with Crippen molar-refractivity contribution in [2.45, 2.75) is 38.9 Å². The summed E-state index contributed by atoms with van der Waals surface area (Å²) in [5.41, 5.74) is -0.936. The molecule has 0 aromatic carbocycles. The number of thiazole rings is 1. The Balaban J connectivity index is 0.00000338. The fraction of sp³-hybridized carbons (Fsp3) is 0.500. The van der Waals surface area contributed by atoms with E-state index in [0.29, 0.717) is 24.1 Å². The summed E-state index contributed by atoms with van der Waals surface area (Å²) in [6, 6.07) is 4.10. The van der Waals surface area contributed by atoms with Crippen molar-refractivity contribution in [1.29, 1.82) is 0 Å². The van der Waals surface area contributed by atoms with E-state index in [-0.39, 0.29) is 35.9 Å². The molecule has 10 heteroatoms. The molecule has 2 rings (SSSR count). The van der Waals surface area contributed by atoms with Gasteiger partial charge in [-0.05, 0) is 18.4 Å². The summed E-state index contributed by atoms with van der Waals surface area (Å²) in [6.45, 7) is 7.63. The van der Waals surface area contributed by atoms with Gasteiger partial charge in [0.15, 0.2) is 11.7 Å². The third-order valence-electron chi connectivity index (χ3n) is 3.44. The van der Waals surface area contributed by atoms with Crippen molar-refractivity contribution in [2.75, 3.05) is 13.1 Å². The van der Waals surface area contributed by atoms with E-state index in [1.165, 1.54) is 4.88 Å². The molecule has 2 N–H and O–H groups in total. The van der Waals surface area contributed by atoms with Gasteiger partial charge in [-0.3, -0.25) is 0 Å². The van der Waals surface area contributed by atoms with Crippen LogP contribution in [0.15, 0.2) is 27.9 Å². The normalized spacial score (nSPS) is 12.6. The molecular formula is C16H22F3IN4S2. The zero-order chi connectivity index (χ0) is 18.5. The Morgan fingerprint density at radius 3 is 2.50 bits per heavy atom. The highest BCUT2D eigenvalue weighted by Crippen LogP contribution is 2.30. The number of halogens is 4. The summed E-state index contributed by atoms with van der Waals surface area (Å²) in [6.07, 6.45) is -4.41. The van der Waals surface area contributed by atoms with Crippen LogP contribution in [0.1, 0.15) is 36.3 Å². The Bertz CT molecular complexity index is 697. The van der Waals surface area contributed by atoms with E-state index in [4.69, 9.17) is 0 Å². The molecule has 2 heterocycles. The van der Waals surface area contributed by atoms with Crippen LogP contribution in [-0.4, -0.2) is 24.0 Å². The van der Waals surface area contributed by atoms with Crippen LogP contribution in [0.3, 0.4) is 0 Å². The molecule has 0 spiro atoms. The molecule has 0 radical (unpaired) electrons. The van der Waals surface area contributed by atoms with Gasteiger partial charge in [-0.1, -0.05) is 19.9 Å². The number of alkyl halides is 3. The van der Waals surface area contributed by atoms with Crippen LogP contribution in [-0.2, 0) is 18.1 Å². The largest absolute Gasteiger partial charge is 0.434 e. The Morgan fingerprint density at radius 1 is 1.23 bits per heavy atom. The van der Waals surface area contributed by atoms with Crippen molar-refractivity contribution < 1.29 is 13.2 Å². The van der Waals surface area contributed by atoms with Gasteiger partial charge in [0.1, 0.15) is 5.01 Å². The number of nitrogens with zero attached hydrogens (tertiary/aromatic N) is 2. The summed E-state index contributed by atoms with van der Waals surface area (Å²) in [5.74, 6) is 0.566. The van der Waals surface area contributed by atoms with Gasteiger partial charge in [-0.15, -0.1) is 46.7 Å². The van der Waals surface area contributed by atoms with E-state index in [1.807, 2.05) is 18.4 Å². The van der Waals surface area contributed by atoms with Crippen molar-refractivity contribution in [3.8, 4) is 0 Å². The minimum absolute atomic E-state index is 0. The van der Waals surface area contributed by atoms with Crippen LogP contribution in [0.25, 0.3) is 0 Å². The number of aliphatic imine (C=N–C) groups is 1. The van der Waals surface area contributed by atoms with Gasteiger partial charge >= 0.3 is 6.18 Å². The maximum atomic E-state index is 12.6. The fourth-order valence-electron chi connectivity index (χ4n) is 2.06. The van der Waals surface area contributed by atoms with E-state index in [1.54, 1.807) is 11.3 Å². The van der Waals surface area contributed by atoms with Crippen LogP contribution < -0.4 is 10.6 Å². The van der Waals surface area contributed by atoms with Gasteiger partial charge in [-0.25, -0.2) is 9.98 Å². The second-order valence-corrected chi connectivity index (χ2v) is 7.92. The van der Waals surface area contributed by atoms with E-state index in [9.17, 15) is 13.2 Å². The van der Waals surface area contributed by atoms with Crippen molar-refractivity contribution >= 4 is 52.6 Å². The first kappa shape index (κ1) is 23.2. The minimum atomic E-state index is -4.41. The number of nitrogens with one attached hydrogen (secondary N) is 2. The molecule has 0 aliphatic heterocycles. The smallest absolute Gasteiger partial charge is 0.357 e. The van der Waals surface area contributed by atoms with Crippen LogP contribution in [0.4, 0.5) is 13.2 Å². The summed E-state index contributed by atoms with van der Waals surface area (Å²) in [4.78, 5) is 9.19. The molecule has 0 atom stereocenters. The Morgan fingerprint density at radius 2 is 1.96 bits per heavy atom. The lowest BCUT2D eigenvalue weighted by Crippen LogP contribution is -2.43. The molecule has 0 amide bonds. The molecule has 0 aliphatic rings. The number of aromatic nitrogens is 1. The van der Waals surface area contributed by atoms with Crippen molar-refractivity contribution in [3.63, 3.8) is 0 Å². The molecular weight excluding hydrogens is 496 g/mol. The van der Waals surface area contributed by atoms with Gasteiger partial charge in [-0.2, -0.15) is 13.2 Å². The lowest BCUT2D eigenvalue weighted by Gasteiger charge is -2.25. The molecule has 146 valence electrons. The molecule has 0 aliphatic carbocycles. The molecule has 0 saturated heterocycles. The number of thiophene rings is 1.